The monoisotopic (exact) mass is 275 g/mol. The third-order valence-electron chi connectivity index (χ3n) is 2.81. The van der Waals surface area contributed by atoms with Crippen LogP contribution in [0, 0.1) is 0 Å². The SMILES string of the molecule is COCCn1cc(Nc2cccc(C(N)=O)c2N)cn1. The molecule has 5 N–H and O–H groups in total. The number of para-hydroxylation sites is 1. The van der Waals surface area contributed by atoms with E-state index in [1.54, 1.807) is 36.2 Å². The number of anilines is 3. The molecule has 0 saturated carbocycles. The van der Waals surface area contributed by atoms with Crippen LogP contribution in [-0.2, 0) is 11.3 Å². The molecule has 1 aromatic carbocycles. The summed E-state index contributed by atoms with van der Waals surface area (Å²) in [4.78, 5) is 11.2. The van der Waals surface area contributed by atoms with Crippen LogP contribution in [0.5, 0.6) is 0 Å². The fourth-order valence-electron chi connectivity index (χ4n) is 1.78. The summed E-state index contributed by atoms with van der Waals surface area (Å²) in [6, 6.07) is 5.08. The summed E-state index contributed by atoms with van der Waals surface area (Å²) in [6.07, 6.45) is 3.50. The molecule has 2 rings (SSSR count). The van der Waals surface area contributed by atoms with Crippen molar-refractivity contribution in [2.75, 3.05) is 24.8 Å². The summed E-state index contributed by atoms with van der Waals surface area (Å²) in [5, 5.41) is 7.29. The van der Waals surface area contributed by atoms with E-state index in [-0.39, 0.29) is 0 Å². The van der Waals surface area contributed by atoms with E-state index in [4.69, 9.17) is 16.2 Å². The van der Waals surface area contributed by atoms with Gasteiger partial charge in [-0.15, -0.1) is 0 Å². The molecular weight excluding hydrogens is 258 g/mol. The molecule has 7 nitrogen and oxygen atoms in total. The fourth-order valence-corrected chi connectivity index (χ4v) is 1.78. The minimum absolute atomic E-state index is 0.293. The normalized spacial score (nSPS) is 10.4. The van der Waals surface area contributed by atoms with E-state index < -0.39 is 5.91 Å². The third-order valence-corrected chi connectivity index (χ3v) is 2.81. The molecule has 0 spiro atoms. The maximum atomic E-state index is 11.2. The summed E-state index contributed by atoms with van der Waals surface area (Å²) < 4.78 is 6.73. The predicted molar refractivity (Wildman–Crippen MR) is 76.8 cm³/mol. The second-order valence-electron chi connectivity index (χ2n) is 4.24. The number of benzene rings is 1. The van der Waals surface area contributed by atoms with Crippen LogP contribution < -0.4 is 16.8 Å². The van der Waals surface area contributed by atoms with Crippen molar-refractivity contribution >= 4 is 23.0 Å². The largest absolute Gasteiger partial charge is 0.396 e. The van der Waals surface area contributed by atoms with Gasteiger partial charge in [-0.1, -0.05) is 6.07 Å². The van der Waals surface area contributed by atoms with Gasteiger partial charge in [0.15, 0.2) is 0 Å². The molecule has 0 unspecified atom stereocenters. The number of methoxy groups -OCH3 is 1. The highest BCUT2D eigenvalue weighted by atomic mass is 16.5. The van der Waals surface area contributed by atoms with Crippen LogP contribution in [0.4, 0.5) is 17.1 Å². The Labute approximate surface area is 116 Å². The first-order valence-electron chi connectivity index (χ1n) is 6.08. The number of ether oxygens (including phenoxy) is 1. The Morgan fingerprint density at radius 2 is 2.30 bits per heavy atom. The minimum atomic E-state index is -0.554. The molecule has 7 heteroatoms. The topological polar surface area (TPSA) is 108 Å². The maximum Gasteiger partial charge on any atom is 0.250 e. The van der Waals surface area contributed by atoms with Gasteiger partial charge in [0, 0.05) is 13.3 Å². The van der Waals surface area contributed by atoms with Gasteiger partial charge in [0.2, 0.25) is 0 Å². The number of carbonyl (C=O) groups is 1. The fraction of sp³-hybridized carbons (Fsp3) is 0.231. The van der Waals surface area contributed by atoms with E-state index in [1.165, 1.54) is 0 Å². The third kappa shape index (κ3) is 3.07. The molecule has 2 aromatic rings. The van der Waals surface area contributed by atoms with Gasteiger partial charge in [-0.25, -0.2) is 0 Å². The Morgan fingerprint density at radius 1 is 1.50 bits per heavy atom. The van der Waals surface area contributed by atoms with Crippen LogP contribution in [0.2, 0.25) is 0 Å². The first-order chi connectivity index (χ1) is 9.61. The lowest BCUT2D eigenvalue weighted by Gasteiger charge is -2.09. The van der Waals surface area contributed by atoms with Crippen molar-refractivity contribution in [3.63, 3.8) is 0 Å². The van der Waals surface area contributed by atoms with Crippen LogP contribution in [0.15, 0.2) is 30.6 Å². The summed E-state index contributed by atoms with van der Waals surface area (Å²) in [6.45, 7) is 1.25. The van der Waals surface area contributed by atoms with Crippen LogP contribution in [-0.4, -0.2) is 29.4 Å². The Balaban J connectivity index is 2.16. The molecule has 106 valence electrons. The smallest absolute Gasteiger partial charge is 0.250 e. The van der Waals surface area contributed by atoms with Gasteiger partial charge >= 0.3 is 0 Å². The zero-order chi connectivity index (χ0) is 14.5. The lowest BCUT2D eigenvalue weighted by molar-refractivity contribution is 0.100. The number of nitrogen functional groups attached to an aromatic ring is 1. The molecule has 20 heavy (non-hydrogen) atoms. The first kappa shape index (κ1) is 13.9. The lowest BCUT2D eigenvalue weighted by atomic mass is 10.1. The number of nitrogens with two attached hydrogens (primary N) is 2. The van der Waals surface area contributed by atoms with Gasteiger partial charge in [-0.2, -0.15) is 5.10 Å². The van der Waals surface area contributed by atoms with Crippen LogP contribution in [0.25, 0.3) is 0 Å². The zero-order valence-electron chi connectivity index (χ0n) is 11.2. The summed E-state index contributed by atoms with van der Waals surface area (Å²) >= 11 is 0. The lowest BCUT2D eigenvalue weighted by Crippen LogP contribution is -2.14. The van der Waals surface area contributed by atoms with Crippen molar-refractivity contribution in [2.24, 2.45) is 5.73 Å². The van der Waals surface area contributed by atoms with Crippen LogP contribution >= 0.6 is 0 Å². The van der Waals surface area contributed by atoms with Crippen molar-refractivity contribution in [3.8, 4) is 0 Å². The van der Waals surface area contributed by atoms with Gasteiger partial charge in [-0.3, -0.25) is 9.48 Å². The maximum absolute atomic E-state index is 11.2. The molecule has 1 amide bonds. The quantitative estimate of drug-likeness (QED) is 0.680. The first-order valence-corrected chi connectivity index (χ1v) is 6.08. The standard InChI is InChI=1S/C13H17N5O2/c1-20-6-5-18-8-9(7-16-18)17-11-4-2-3-10(12(11)14)13(15)19/h2-4,7-8,17H,5-6,14H2,1H3,(H2,15,19). The van der Waals surface area contributed by atoms with Crippen molar-refractivity contribution in [1.29, 1.82) is 0 Å². The van der Waals surface area contributed by atoms with E-state index in [1.807, 2.05) is 6.20 Å². The summed E-state index contributed by atoms with van der Waals surface area (Å²) in [5.41, 5.74) is 13.2. The van der Waals surface area contributed by atoms with Crippen molar-refractivity contribution < 1.29 is 9.53 Å². The average Bonchev–Trinajstić information content (AvgIpc) is 2.86. The van der Waals surface area contributed by atoms with Gasteiger partial charge in [0.1, 0.15) is 0 Å². The van der Waals surface area contributed by atoms with Crippen molar-refractivity contribution in [2.45, 2.75) is 6.54 Å². The molecular formula is C13H17N5O2. The Bertz CT molecular complexity index is 609. The van der Waals surface area contributed by atoms with Gasteiger partial charge in [0.25, 0.3) is 5.91 Å². The molecule has 0 aliphatic carbocycles. The number of hydrogen-bond donors (Lipinski definition) is 3. The Morgan fingerprint density at radius 3 is 3.00 bits per heavy atom. The highest BCUT2D eigenvalue weighted by Crippen LogP contribution is 2.25. The summed E-state index contributed by atoms with van der Waals surface area (Å²) in [7, 11) is 1.64. The molecule has 0 radical (unpaired) electrons. The number of amides is 1. The number of rotatable bonds is 6. The van der Waals surface area contributed by atoms with E-state index in [9.17, 15) is 4.79 Å². The second kappa shape index (κ2) is 6.07. The van der Waals surface area contributed by atoms with Crippen molar-refractivity contribution in [3.05, 3.63) is 36.2 Å². The van der Waals surface area contributed by atoms with E-state index in [0.717, 1.165) is 5.69 Å². The Hall–Kier alpha value is -2.54. The number of primary amides is 1. The van der Waals surface area contributed by atoms with Gasteiger partial charge in [-0.05, 0) is 12.1 Å². The second-order valence-corrected chi connectivity index (χ2v) is 4.24. The number of carbonyl (C=O) groups excluding carboxylic acids is 1. The number of aromatic nitrogens is 2. The molecule has 1 aromatic heterocycles. The Kier molecular flexibility index (Phi) is 4.21. The molecule has 0 aliphatic rings. The minimum Gasteiger partial charge on any atom is -0.396 e. The number of hydrogen-bond acceptors (Lipinski definition) is 5. The zero-order valence-corrected chi connectivity index (χ0v) is 11.2. The molecule has 0 fully saturated rings. The average molecular weight is 275 g/mol. The number of nitrogens with one attached hydrogen (secondary N) is 1. The molecule has 0 saturated heterocycles. The molecule has 0 atom stereocenters. The van der Waals surface area contributed by atoms with E-state index >= 15 is 0 Å². The van der Waals surface area contributed by atoms with Gasteiger partial charge in [0.05, 0.1) is 42.0 Å². The highest BCUT2D eigenvalue weighted by molar-refractivity contribution is 6.01. The predicted octanol–water partition coefficient (Wildman–Crippen LogP) is 0.954. The van der Waals surface area contributed by atoms with E-state index in [0.29, 0.717) is 30.1 Å². The van der Waals surface area contributed by atoms with Crippen LogP contribution in [0.3, 0.4) is 0 Å². The summed E-state index contributed by atoms with van der Waals surface area (Å²) in [5.74, 6) is -0.554. The van der Waals surface area contributed by atoms with Crippen molar-refractivity contribution in [1.82, 2.24) is 9.78 Å². The highest BCUT2D eigenvalue weighted by Gasteiger charge is 2.10. The van der Waals surface area contributed by atoms with E-state index in [2.05, 4.69) is 10.4 Å². The van der Waals surface area contributed by atoms with Crippen LogP contribution in [0.1, 0.15) is 10.4 Å². The number of nitrogens with zero attached hydrogens (tertiary/aromatic N) is 2. The molecule has 1 heterocycles. The molecule has 0 bridgehead atoms. The van der Waals surface area contributed by atoms with Gasteiger partial charge < -0.3 is 21.5 Å². The molecule has 0 aliphatic heterocycles.